The molecule has 4 nitrogen and oxygen atoms in total. The van der Waals surface area contributed by atoms with Crippen LogP contribution in [0.4, 0.5) is 0 Å². The van der Waals surface area contributed by atoms with Crippen LogP contribution in [0.1, 0.15) is 22.3 Å². The number of amides is 1. The molecule has 1 N–H and O–H groups in total. The predicted molar refractivity (Wildman–Crippen MR) is 70.3 cm³/mol. The zero-order chi connectivity index (χ0) is 13.2. The molecule has 1 amide bonds. The molecule has 5 heteroatoms. The summed E-state index contributed by atoms with van der Waals surface area (Å²) in [7, 11) is -2.86. The van der Waals surface area contributed by atoms with Crippen LogP contribution in [0.3, 0.4) is 0 Å². The summed E-state index contributed by atoms with van der Waals surface area (Å²) >= 11 is 0. The van der Waals surface area contributed by atoms with E-state index in [1.54, 1.807) is 12.1 Å². The third-order valence-electron chi connectivity index (χ3n) is 3.19. The van der Waals surface area contributed by atoms with Gasteiger partial charge in [-0.05, 0) is 31.4 Å². The fourth-order valence-electron chi connectivity index (χ4n) is 2.08. The summed E-state index contributed by atoms with van der Waals surface area (Å²) in [4.78, 5) is 11.8. The Kier molecular flexibility index (Phi) is 3.71. The number of benzene rings is 1. The maximum Gasteiger partial charge on any atom is 0.251 e. The Morgan fingerprint density at radius 1 is 1.33 bits per heavy atom. The molecular weight excluding hydrogens is 250 g/mol. The molecule has 1 aromatic carbocycles. The van der Waals surface area contributed by atoms with Crippen molar-refractivity contribution in [2.45, 2.75) is 13.3 Å². The van der Waals surface area contributed by atoms with Crippen LogP contribution in [-0.4, -0.2) is 32.4 Å². The first-order valence-corrected chi connectivity index (χ1v) is 7.84. The highest BCUT2D eigenvalue weighted by Gasteiger charge is 2.27. The second-order valence-electron chi connectivity index (χ2n) is 4.85. The van der Waals surface area contributed by atoms with Gasteiger partial charge in [-0.25, -0.2) is 8.42 Å². The van der Waals surface area contributed by atoms with E-state index >= 15 is 0 Å². The Bertz CT molecular complexity index is 534. The van der Waals surface area contributed by atoms with Crippen LogP contribution in [0.5, 0.6) is 0 Å². The minimum absolute atomic E-state index is 0.0596. The number of rotatable bonds is 3. The van der Waals surface area contributed by atoms with Gasteiger partial charge < -0.3 is 5.32 Å². The van der Waals surface area contributed by atoms with E-state index in [0.29, 0.717) is 18.5 Å². The van der Waals surface area contributed by atoms with Gasteiger partial charge in [0.25, 0.3) is 5.91 Å². The molecule has 0 saturated carbocycles. The van der Waals surface area contributed by atoms with E-state index in [-0.39, 0.29) is 23.3 Å². The van der Waals surface area contributed by atoms with Crippen LogP contribution in [0.25, 0.3) is 0 Å². The molecule has 18 heavy (non-hydrogen) atoms. The standard InChI is InChI=1S/C13H17NO3S/c1-10-2-4-12(5-3-10)13(15)14-8-11-6-7-18(16,17)9-11/h2-5,11H,6-9H2,1H3,(H,14,15)/t11-/m0/s1. The van der Waals surface area contributed by atoms with Gasteiger partial charge in [-0.1, -0.05) is 17.7 Å². The Balaban J connectivity index is 1.87. The molecule has 0 bridgehead atoms. The highest BCUT2D eigenvalue weighted by Crippen LogP contribution is 2.17. The second kappa shape index (κ2) is 5.10. The molecule has 0 aromatic heterocycles. The number of hydrogen-bond acceptors (Lipinski definition) is 3. The zero-order valence-electron chi connectivity index (χ0n) is 10.3. The van der Waals surface area contributed by atoms with Crippen molar-refractivity contribution in [3.05, 3.63) is 35.4 Å². The molecular formula is C13H17NO3S. The molecule has 0 spiro atoms. The van der Waals surface area contributed by atoms with Crippen LogP contribution in [0.2, 0.25) is 0 Å². The molecule has 0 aliphatic carbocycles. The lowest BCUT2D eigenvalue weighted by Gasteiger charge is -2.09. The van der Waals surface area contributed by atoms with Gasteiger partial charge in [0.15, 0.2) is 9.84 Å². The maximum absolute atomic E-state index is 11.8. The largest absolute Gasteiger partial charge is 0.352 e. The Morgan fingerprint density at radius 2 is 2.00 bits per heavy atom. The van der Waals surface area contributed by atoms with Crippen LogP contribution in [-0.2, 0) is 9.84 Å². The van der Waals surface area contributed by atoms with Crippen molar-refractivity contribution in [1.82, 2.24) is 5.32 Å². The minimum Gasteiger partial charge on any atom is -0.352 e. The summed E-state index contributed by atoms with van der Waals surface area (Å²) in [6.07, 6.45) is 0.649. The normalized spacial score (nSPS) is 21.7. The van der Waals surface area contributed by atoms with E-state index in [9.17, 15) is 13.2 Å². The first kappa shape index (κ1) is 13.1. The van der Waals surface area contributed by atoms with Crippen molar-refractivity contribution >= 4 is 15.7 Å². The van der Waals surface area contributed by atoms with Crippen molar-refractivity contribution in [1.29, 1.82) is 0 Å². The molecule has 1 aliphatic rings. The van der Waals surface area contributed by atoms with Gasteiger partial charge >= 0.3 is 0 Å². The molecule has 1 aliphatic heterocycles. The van der Waals surface area contributed by atoms with E-state index < -0.39 is 9.84 Å². The maximum atomic E-state index is 11.8. The summed E-state index contributed by atoms with van der Waals surface area (Å²) in [5.41, 5.74) is 1.72. The van der Waals surface area contributed by atoms with Gasteiger partial charge in [-0.15, -0.1) is 0 Å². The number of hydrogen-bond donors (Lipinski definition) is 1. The number of carbonyl (C=O) groups is 1. The lowest BCUT2D eigenvalue weighted by molar-refractivity contribution is 0.0948. The third-order valence-corrected chi connectivity index (χ3v) is 5.03. The topological polar surface area (TPSA) is 63.2 Å². The van der Waals surface area contributed by atoms with Crippen molar-refractivity contribution in [2.24, 2.45) is 5.92 Å². The summed E-state index contributed by atoms with van der Waals surface area (Å²) in [6.45, 7) is 2.40. The fraction of sp³-hybridized carbons (Fsp3) is 0.462. The Labute approximate surface area is 107 Å². The number of aryl methyl sites for hydroxylation is 1. The van der Waals surface area contributed by atoms with Crippen LogP contribution in [0, 0.1) is 12.8 Å². The van der Waals surface area contributed by atoms with Gasteiger partial charge in [-0.3, -0.25) is 4.79 Å². The summed E-state index contributed by atoms with van der Waals surface area (Å²) in [5, 5.41) is 2.79. The van der Waals surface area contributed by atoms with E-state index in [0.717, 1.165) is 5.56 Å². The highest BCUT2D eigenvalue weighted by atomic mass is 32.2. The monoisotopic (exact) mass is 267 g/mol. The Morgan fingerprint density at radius 3 is 2.56 bits per heavy atom. The quantitative estimate of drug-likeness (QED) is 0.894. The van der Waals surface area contributed by atoms with Crippen LogP contribution >= 0.6 is 0 Å². The molecule has 2 rings (SSSR count). The van der Waals surface area contributed by atoms with Gasteiger partial charge in [0, 0.05) is 12.1 Å². The predicted octanol–water partition coefficient (Wildman–Crippen LogP) is 1.16. The van der Waals surface area contributed by atoms with Crippen LogP contribution in [0.15, 0.2) is 24.3 Å². The molecule has 98 valence electrons. The van der Waals surface area contributed by atoms with Crippen LogP contribution < -0.4 is 5.32 Å². The number of carbonyl (C=O) groups excluding carboxylic acids is 1. The first-order valence-electron chi connectivity index (χ1n) is 6.01. The summed E-state index contributed by atoms with van der Waals surface area (Å²) in [5.74, 6) is 0.364. The first-order chi connectivity index (χ1) is 8.46. The van der Waals surface area contributed by atoms with E-state index in [1.165, 1.54) is 0 Å². The molecule has 0 unspecified atom stereocenters. The van der Waals surface area contributed by atoms with Crippen molar-refractivity contribution in [3.63, 3.8) is 0 Å². The van der Waals surface area contributed by atoms with Gasteiger partial charge in [0.2, 0.25) is 0 Å². The lowest BCUT2D eigenvalue weighted by atomic mass is 10.1. The highest BCUT2D eigenvalue weighted by molar-refractivity contribution is 7.91. The summed E-state index contributed by atoms with van der Waals surface area (Å²) in [6, 6.07) is 7.32. The minimum atomic E-state index is -2.86. The molecule has 1 fully saturated rings. The molecule has 1 saturated heterocycles. The second-order valence-corrected chi connectivity index (χ2v) is 7.07. The lowest BCUT2D eigenvalue weighted by Crippen LogP contribution is -2.29. The van der Waals surface area contributed by atoms with Gasteiger partial charge in [-0.2, -0.15) is 0 Å². The number of sulfone groups is 1. The number of nitrogens with one attached hydrogen (secondary N) is 1. The van der Waals surface area contributed by atoms with E-state index in [4.69, 9.17) is 0 Å². The van der Waals surface area contributed by atoms with Crippen molar-refractivity contribution < 1.29 is 13.2 Å². The average molecular weight is 267 g/mol. The molecule has 1 aromatic rings. The van der Waals surface area contributed by atoms with Gasteiger partial charge in [0.05, 0.1) is 11.5 Å². The Hall–Kier alpha value is -1.36. The molecule has 0 radical (unpaired) electrons. The zero-order valence-corrected chi connectivity index (χ0v) is 11.2. The summed E-state index contributed by atoms with van der Waals surface area (Å²) < 4.78 is 22.6. The van der Waals surface area contributed by atoms with Crippen molar-refractivity contribution in [2.75, 3.05) is 18.1 Å². The SMILES string of the molecule is Cc1ccc(C(=O)NC[C@@H]2CCS(=O)(=O)C2)cc1. The van der Waals surface area contributed by atoms with E-state index in [1.807, 2.05) is 19.1 Å². The third kappa shape index (κ3) is 3.32. The van der Waals surface area contributed by atoms with Gasteiger partial charge in [0.1, 0.15) is 0 Å². The van der Waals surface area contributed by atoms with Crippen molar-refractivity contribution in [3.8, 4) is 0 Å². The fourth-order valence-corrected chi connectivity index (χ4v) is 3.94. The molecule has 1 heterocycles. The smallest absolute Gasteiger partial charge is 0.251 e. The van der Waals surface area contributed by atoms with E-state index in [2.05, 4.69) is 5.32 Å². The molecule has 1 atom stereocenters. The average Bonchev–Trinajstić information content (AvgIpc) is 2.67.